The van der Waals surface area contributed by atoms with Crippen molar-refractivity contribution >= 4 is 113 Å². The predicted molar refractivity (Wildman–Crippen MR) is 379 cm³/mol. The highest BCUT2D eigenvalue weighted by molar-refractivity contribution is 7.86. The quantitative estimate of drug-likeness (QED) is 0.0195. The molecule has 2 amide bonds. The fourth-order valence-corrected chi connectivity index (χ4v) is 11.7. The normalized spacial score (nSPS) is 12.0. The number of anilines is 2. The average Bonchev–Trinajstić information content (AvgIpc) is 0.772. The van der Waals surface area contributed by atoms with E-state index in [9.17, 15) is 66.9 Å². The van der Waals surface area contributed by atoms with E-state index in [1.165, 1.54) is 66.7 Å². The van der Waals surface area contributed by atoms with E-state index >= 15 is 0 Å². The van der Waals surface area contributed by atoms with Crippen molar-refractivity contribution in [3.8, 4) is 17.2 Å². The van der Waals surface area contributed by atoms with Gasteiger partial charge in [0.25, 0.3) is 40.5 Å². The molecule has 0 aliphatic carbocycles. The number of nitrogens with zero attached hydrogens (tertiary/aromatic N) is 8. The van der Waals surface area contributed by atoms with E-state index in [1.807, 2.05) is 0 Å². The predicted octanol–water partition coefficient (Wildman–Crippen LogP) is 1.09. The lowest BCUT2D eigenvalue weighted by Gasteiger charge is -2.17. The van der Waals surface area contributed by atoms with Crippen molar-refractivity contribution in [2.45, 2.75) is 19.6 Å². The number of azo groups is 2. The minimum Gasteiger partial charge on any atom is -0.505 e. The Balaban J connectivity index is 0.000000565. The smallest absolute Gasteiger partial charge is 0.323 e. The summed E-state index contributed by atoms with van der Waals surface area (Å²) in [4.78, 5) is 17.7. The highest BCUT2D eigenvalue weighted by Gasteiger charge is 2.25. The van der Waals surface area contributed by atoms with Crippen LogP contribution >= 0.6 is 0 Å². The first kappa shape index (κ1) is 90.4. The molecule has 42 heteroatoms. The third-order valence-electron chi connectivity index (χ3n) is 14.2. The van der Waals surface area contributed by atoms with Crippen LogP contribution in [0.15, 0.2) is 143 Å². The van der Waals surface area contributed by atoms with Gasteiger partial charge in [-0.2, -0.15) is 38.8 Å². The molecule has 7 rings (SSSR count). The maximum absolute atomic E-state index is 13.1. The van der Waals surface area contributed by atoms with Crippen molar-refractivity contribution in [2.24, 2.45) is 20.5 Å². The third kappa shape index (κ3) is 30.0. The molecule has 578 valence electrons. The van der Waals surface area contributed by atoms with Gasteiger partial charge in [-0.3, -0.25) is 37.8 Å². The lowest BCUT2D eigenvalue weighted by molar-refractivity contribution is 0.136. The van der Waals surface area contributed by atoms with Crippen molar-refractivity contribution in [3.05, 3.63) is 103 Å². The second-order valence-corrected chi connectivity index (χ2v) is 27.1. The molecule has 0 unspecified atom stereocenters. The zero-order valence-corrected chi connectivity index (χ0v) is 59.4. The summed E-state index contributed by atoms with van der Waals surface area (Å²) in [5.41, 5.74) is -1.26. The standard InChI is InChI=1S/C38H28N6O16S4.4C6H15NO3/c1-60-31-18-27(62(51,52)53)8-11-30(31)42-44-35-33(64(57,58)59)17-22-14-24(6-10-29(22)37(35)46)40-38(47)39-23-5-9-28-21(13-23)16-32(63(54,55)56)34(36(28)45)43-41-25-4-2-20-15-26(61(48,49)50)7-3-19(20)12-25;4*8-4-1-7(2-5-9)3-6-10/h2-18,45-46H,1H3,(H2,39,40,47)(H,48,49,50)(H,51,52,53)(H,54,55,56)(H,57,58,59);4*8-10H,1-6H2. The summed E-state index contributed by atoms with van der Waals surface area (Å²) in [5, 5.41) is 145. The van der Waals surface area contributed by atoms with E-state index in [0.717, 1.165) is 43.5 Å². The minimum atomic E-state index is -5.10. The van der Waals surface area contributed by atoms with Gasteiger partial charge in [-0.05, 0) is 106 Å². The van der Waals surface area contributed by atoms with E-state index in [1.54, 1.807) is 19.6 Å². The number of carbonyl (C=O) groups excluding carboxylic acids is 1. The molecule has 104 heavy (non-hydrogen) atoms. The molecule has 0 spiro atoms. The number of carbonyl (C=O) groups is 1. The maximum Gasteiger partial charge on any atom is 0.323 e. The number of hydrogen-bond donors (Lipinski definition) is 20. The van der Waals surface area contributed by atoms with Crippen molar-refractivity contribution in [3.63, 3.8) is 0 Å². The Morgan fingerprint density at radius 1 is 0.365 bits per heavy atom. The largest absolute Gasteiger partial charge is 0.505 e. The van der Waals surface area contributed by atoms with Crippen molar-refractivity contribution < 1.29 is 133 Å². The van der Waals surface area contributed by atoms with Crippen molar-refractivity contribution in [1.82, 2.24) is 19.6 Å². The number of benzene rings is 7. The summed E-state index contributed by atoms with van der Waals surface area (Å²) in [6.45, 7) is 7.01. The van der Waals surface area contributed by atoms with Crippen LogP contribution in [0.1, 0.15) is 0 Å². The molecule has 0 aliphatic heterocycles. The number of urea groups is 1. The fourth-order valence-electron chi connectivity index (χ4n) is 9.32. The van der Waals surface area contributed by atoms with Gasteiger partial charge in [-0.15, -0.1) is 15.3 Å². The Hall–Kier alpha value is -7.81. The average molecular weight is 1550 g/mol. The molecule has 7 aromatic rings. The van der Waals surface area contributed by atoms with Gasteiger partial charge in [0.1, 0.15) is 32.6 Å². The molecule has 38 nitrogen and oxygen atoms in total. The summed E-state index contributed by atoms with van der Waals surface area (Å²) in [6, 6.07) is 19.8. The number of aliphatic hydroxyl groups excluding tert-OH is 12. The van der Waals surface area contributed by atoms with Crippen LogP contribution in [0.3, 0.4) is 0 Å². The van der Waals surface area contributed by atoms with Gasteiger partial charge in [-0.1, -0.05) is 12.1 Å². The van der Waals surface area contributed by atoms with E-state index < -0.39 is 84.1 Å². The fraction of sp³-hybridized carbons (Fsp3) is 0.403. The number of fused-ring (bicyclic) bond motifs is 3. The maximum atomic E-state index is 13.1. The molecule has 0 fully saturated rings. The van der Waals surface area contributed by atoms with E-state index in [2.05, 4.69) is 31.1 Å². The highest BCUT2D eigenvalue weighted by Crippen LogP contribution is 2.44. The first-order valence-corrected chi connectivity index (χ1v) is 36.9. The highest BCUT2D eigenvalue weighted by atomic mass is 32.2. The van der Waals surface area contributed by atoms with Crippen LogP contribution in [0, 0.1) is 0 Å². The molecule has 0 saturated heterocycles. The molecular weight excluding hydrogens is 1460 g/mol. The van der Waals surface area contributed by atoms with Gasteiger partial charge >= 0.3 is 6.03 Å². The number of methoxy groups -OCH3 is 1. The van der Waals surface area contributed by atoms with Crippen molar-refractivity contribution in [2.75, 3.05) is 176 Å². The van der Waals surface area contributed by atoms with Gasteiger partial charge < -0.3 is 86.9 Å². The van der Waals surface area contributed by atoms with Crippen LogP contribution in [0.5, 0.6) is 17.2 Å². The Morgan fingerprint density at radius 3 is 1.01 bits per heavy atom. The first-order valence-electron chi connectivity index (χ1n) is 31.1. The van der Waals surface area contributed by atoms with Crippen LogP contribution in [-0.2, 0) is 40.5 Å². The van der Waals surface area contributed by atoms with Crippen LogP contribution in [0.25, 0.3) is 32.3 Å². The van der Waals surface area contributed by atoms with E-state index in [0.29, 0.717) is 89.3 Å². The molecular formula is C62H88N10O28S4. The Morgan fingerprint density at radius 2 is 0.683 bits per heavy atom. The second-order valence-electron chi connectivity index (χ2n) is 21.5. The number of phenols is 2. The third-order valence-corrected chi connectivity index (χ3v) is 17.7. The Bertz CT molecular complexity index is 4270. The van der Waals surface area contributed by atoms with E-state index in [-0.39, 0.29) is 134 Å². The van der Waals surface area contributed by atoms with Gasteiger partial charge in [0, 0.05) is 107 Å². The number of amides is 2. The molecule has 0 bridgehead atoms. The monoisotopic (exact) mass is 1550 g/mol. The zero-order chi connectivity index (χ0) is 77.8. The van der Waals surface area contributed by atoms with Gasteiger partial charge in [0.15, 0.2) is 11.5 Å². The van der Waals surface area contributed by atoms with Crippen molar-refractivity contribution in [1.29, 1.82) is 0 Å². The number of hydrogen-bond acceptors (Lipinski definition) is 32. The number of rotatable bonds is 35. The number of aromatic hydroxyl groups is 2. The molecule has 7 aromatic carbocycles. The molecule has 0 heterocycles. The van der Waals surface area contributed by atoms with Gasteiger partial charge in [0.2, 0.25) is 0 Å². The molecule has 0 aromatic heterocycles. The minimum absolute atomic E-state index is 0.0151. The van der Waals surface area contributed by atoms with Crippen LogP contribution in [0.2, 0.25) is 0 Å². The summed E-state index contributed by atoms with van der Waals surface area (Å²) < 4.78 is 140. The molecule has 0 saturated carbocycles. The summed E-state index contributed by atoms with van der Waals surface area (Å²) in [5.74, 6) is -1.67. The number of ether oxygens (including phenoxy) is 1. The first-order chi connectivity index (χ1) is 49.3. The van der Waals surface area contributed by atoms with Gasteiger partial charge in [-0.25, -0.2) is 4.79 Å². The lowest BCUT2D eigenvalue weighted by atomic mass is 10.1. The molecule has 0 aliphatic rings. The SMILES string of the molecule is COc1cc(S(=O)(=O)O)ccc1N=Nc1c(S(=O)(=O)O)cc2cc(NC(=O)Nc3ccc4c(O)c(N=Nc5ccc6cc(S(=O)(=O)O)ccc6c5)c(S(=O)(=O)O)cc4c3)ccc2c1O.OCCN(CCO)CCO.OCCN(CCO)CCO.OCCN(CCO)CCO.OCCN(CCO)CCO. The topological polar surface area (TPSA) is 613 Å². The summed E-state index contributed by atoms with van der Waals surface area (Å²) >= 11 is 0. The molecule has 0 radical (unpaired) electrons. The second kappa shape index (κ2) is 45.5. The Kier molecular flexibility index (Phi) is 39.6. The van der Waals surface area contributed by atoms with Gasteiger partial charge in [0.05, 0.1) is 102 Å². The van der Waals surface area contributed by atoms with Crippen LogP contribution < -0.4 is 15.4 Å². The number of phenolic OH excluding ortho intramolecular Hbond substituents is 2. The number of nitrogens with one attached hydrogen (secondary N) is 2. The van der Waals surface area contributed by atoms with Crippen LogP contribution in [-0.4, -0.2) is 314 Å². The zero-order valence-electron chi connectivity index (χ0n) is 56.1. The number of aliphatic hydroxyl groups is 12. The molecule has 20 N–H and O–H groups in total. The van der Waals surface area contributed by atoms with E-state index in [4.69, 9.17) is 66.0 Å². The summed E-state index contributed by atoms with van der Waals surface area (Å²) in [7, 11) is -18.1. The summed E-state index contributed by atoms with van der Waals surface area (Å²) in [6.07, 6.45) is 0. The lowest BCUT2D eigenvalue weighted by Crippen LogP contribution is -2.32. The Labute approximate surface area is 598 Å². The molecule has 0 atom stereocenters. The van der Waals surface area contributed by atoms with Crippen LogP contribution in [0.4, 0.5) is 38.9 Å².